The van der Waals surface area contributed by atoms with Crippen molar-refractivity contribution < 1.29 is 18.0 Å². The van der Waals surface area contributed by atoms with E-state index in [0.29, 0.717) is 23.0 Å². The molecule has 4 aliphatic carbocycles. The average Bonchev–Trinajstić information content (AvgIpc) is 3.72. The third-order valence-corrected chi connectivity index (χ3v) is 8.71. The molecule has 0 unspecified atom stereocenters. The Morgan fingerprint density at radius 3 is 2.41 bits per heavy atom. The van der Waals surface area contributed by atoms with E-state index in [4.69, 9.17) is 0 Å². The number of nitrogens with zero attached hydrogens (tertiary/aromatic N) is 2. The van der Waals surface area contributed by atoms with Crippen molar-refractivity contribution in [3.8, 4) is 0 Å². The highest BCUT2D eigenvalue weighted by Crippen LogP contribution is 2.51. The lowest BCUT2D eigenvalue weighted by molar-refractivity contribution is -0.122. The van der Waals surface area contributed by atoms with E-state index in [-0.39, 0.29) is 28.6 Å². The molecule has 1 heterocycles. The summed E-state index contributed by atoms with van der Waals surface area (Å²) in [7, 11) is 4.32. The lowest BCUT2D eigenvalue weighted by atomic mass is 9.61. The molecule has 6 rings (SSSR count). The zero-order valence-electron chi connectivity index (χ0n) is 21.5. The van der Waals surface area contributed by atoms with Gasteiger partial charge >= 0.3 is 6.18 Å². The molecule has 2 aromatic rings. The Morgan fingerprint density at radius 2 is 1.81 bits per heavy atom. The Balaban J connectivity index is 1.47. The molecule has 5 nitrogen and oxygen atoms in total. The minimum absolute atomic E-state index is 0.0197. The van der Waals surface area contributed by atoms with E-state index in [2.05, 4.69) is 41.2 Å². The SMILES string of the molecule is C=C(c1nc(/C=C/CNC(=O)C2CC2)cc2c(NC34CCC(N(C)C)(CC3)CC4)cccc12)C(F)(F)F. The Bertz CT molecular complexity index is 1220. The normalized spacial score (nSPS) is 25.7. The average molecular weight is 513 g/mol. The highest BCUT2D eigenvalue weighted by Gasteiger charge is 2.49. The smallest absolute Gasteiger partial charge is 0.379 e. The standard InChI is InChI=1S/C29H35F3N4O/c1-19(29(30,31)32)25-22-7-4-8-24(35-27-11-14-28(15-12-27,16-13-27)36(2)3)23(22)18-21(34-25)6-5-17-33-26(37)20-9-10-20/h4-8,18,20,35H,1,9-17H2,2-3H3,(H,33,37)/b6-5+. The quantitative estimate of drug-likeness (QED) is 0.444. The van der Waals surface area contributed by atoms with Crippen molar-refractivity contribution in [3.63, 3.8) is 0 Å². The highest BCUT2D eigenvalue weighted by atomic mass is 19.4. The maximum absolute atomic E-state index is 13.7. The second kappa shape index (κ2) is 9.46. The van der Waals surface area contributed by atoms with Gasteiger partial charge in [-0.15, -0.1) is 0 Å². The number of fused-ring (bicyclic) bond motifs is 4. The molecule has 4 aliphatic rings. The van der Waals surface area contributed by atoms with Gasteiger partial charge in [0.05, 0.1) is 17.0 Å². The van der Waals surface area contributed by atoms with Gasteiger partial charge in [-0.05, 0) is 83.7 Å². The molecular weight excluding hydrogens is 477 g/mol. The Morgan fingerprint density at radius 1 is 1.14 bits per heavy atom. The molecule has 1 aromatic heterocycles. The van der Waals surface area contributed by atoms with Crippen LogP contribution < -0.4 is 10.6 Å². The third-order valence-electron chi connectivity index (χ3n) is 8.71. The number of halogens is 3. The predicted octanol–water partition coefficient (Wildman–Crippen LogP) is 6.17. The number of alkyl halides is 3. The van der Waals surface area contributed by atoms with Crippen LogP contribution in [-0.4, -0.2) is 53.7 Å². The maximum Gasteiger partial charge on any atom is 0.417 e. The van der Waals surface area contributed by atoms with Gasteiger partial charge in [0.25, 0.3) is 0 Å². The van der Waals surface area contributed by atoms with E-state index in [1.807, 2.05) is 12.1 Å². The number of hydrogen-bond donors (Lipinski definition) is 2. The zero-order valence-corrected chi connectivity index (χ0v) is 21.5. The summed E-state index contributed by atoms with van der Waals surface area (Å²) in [5, 5.41) is 7.74. The zero-order chi connectivity index (χ0) is 26.4. The first-order valence-electron chi connectivity index (χ1n) is 13.1. The number of nitrogens with one attached hydrogen (secondary N) is 2. The van der Waals surface area contributed by atoms with Gasteiger partial charge in [0.2, 0.25) is 5.91 Å². The molecule has 2 bridgehead atoms. The number of carbonyl (C=O) groups is 1. The van der Waals surface area contributed by atoms with Crippen molar-refractivity contribution in [2.75, 3.05) is 26.0 Å². The molecule has 198 valence electrons. The molecule has 4 fully saturated rings. The van der Waals surface area contributed by atoms with Crippen molar-refractivity contribution in [1.82, 2.24) is 15.2 Å². The van der Waals surface area contributed by atoms with Crippen LogP contribution in [0.5, 0.6) is 0 Å². The van der Waals surface area contributed by atoms with Gasteiger partial charge in [0.1, 0.15) is 0 Å². The van der Waals surface area contributed by atoms with Crippen molar-refractivity contribution in [3.05, 3.63) is 48.3 Å². The van der Waals surface area contributed by atoms with Crippen LogP contribution in [0.3, 0.4) is 0 Å². The molecule has 0 atom stereocenters. The van der Waals surface area contributed by atoms with Gasteiger partial charge in [-0.1, -0.05) is 24.8 Å². The molecule has 0 spiro atoms. The van der Waals surface area contributed by atoms with Crippen molar-refractivity contribution in [1.29, 1.82) is 0 Å². The fourth-order valence-corrected chi connectivity index (χ4v) is 5.99. The molecule has 1 aromatic carbocycles. The molecule has 1 amide bonds. The number of hydrogen-bond acceptors (Lipinski definition) is 4. The predicted molar refractivity (Wildman–Crippen MR) is 142 cm³/mol. The Labute approximate surface area is 216 Å². The van der Waals surface area contributed by atoms with E-state index in [1.165, 1.54) is 0 Å². The van der Waals surface area contributed by atoms with Crippen molar-refractivity contribution in [2.24, 2.45) is 5.92 Å². The lowest BCUT2D eigenvalue weighted by Gasteiger charge is -2.56. The van der Waals surface area contributed by atoms with Crippen molar-refractivity contribution in [2.45, 2.75) is 68.6 Å². The van der Waals surface area contributed by atoms with Crippen LogP contribution in [0.1, 0.15) is 62.8 Å². The first-order valence-corrected chi connectivity index (χ1v) is 13.1. The minimum Gasteiger partial charge on any atom is -0.379 e. The molecule has 4 saturated carbocycles. The number of carbonyl (C=O) groups excluding carboxylic acids is 1. The monoisotopic (exact) mass is 512 g/mol. The summed E-state index contributed by atoms with van der Waals surface area (Å²) in [6.45, 7) is 3.65. The summed E-state index contributed by atoms with van der Waals surface area (Å²) < 4.78 is 41.2. The van der Waals surface area contributed by atoms with Gasteiger partial charge in [0, 0.05) is 40.0 Å². The van der Waals surface area contributed by atoms with Gasteiger partial charge in [-0.3, -0.25) is 4.79 Å². The molecule has 37 heavy (non-hydrogen) atoms. The third kappa shape index (κ3) is 5.13. The number of amides is 1. The summed E-state index contributed by atoms with van der Waals surface area (Å²) in [6.07, 6.45) is 7.05. The Kier molecular flexibility index (Phi) is 6.59. The van der Waals surface area contributed by atoms with Gasteiger partial charge < -0.3 is 15.5 Å². The molecule has 2 N–H and O–H groups in total. The van der Waals surface area contributed by atoms with E-state index in [1.54, 1.807) is 24.3 Å². The van der Waals surface area contributed by atoms with E-state index in [0.717, 1.165) is 57.1 Å². The molecule has 0 saturated heterocycles. The maximum atomic E-state index is 13.7. The summed E-state index contributed by atoms with van der Waals surface area (Å²) in [5.41, 5.74) is 0.310. The summed E-state index contributed by atoms with van der Waals surface area (Å²) >= 11 is 0. The number of anilines is 1. The first-order chi connectivity index (χ1) is 17.5. The number of aromatic nitrogens is 1. The Hall–Kier alpha value is -2.87. The van der Waals surface area contributed by atoms with Crippen LogP contribution in [-0.2, 0) is 4.79 Å². The van der Waals surface area contributed by atoms with Gasteiger partial charge in [-0.25, -0.2) is 4.98 Å². The minimum atomic E-state index is -4.59. The fraction of sp³-hybridized carbons (Fsp3) is 0.517. The number of rotatable bonds is 8. The van der Waals surface area contributed by atoms with Crippen LogP contribution in [0.15, 0.2) is 36.9 Å². The summed E-state index contributed by atoms with van der Waals surface area (Å²) in [6, 6.07) is 7.24. The van der Waals surface area contributed by atoms with Crippen LogP contribution in [0, 0.1) is 5.92 Å². The highest BCUT2D eigenvalue weighted by molar-refractivity contribution is 6.01. The van der Waals surface area contributed by atoms with Gasteiger partial charge in [0.15, 0.2) is 0 Å². The van der Waals surface area contributed by atoms with Crippen molar-refractivity contribution >= 4 is 34.0 Å². The van der Waals surface area contributed by atoms with E-state index >= 15 is 0 Å². The van der Waals surface area contributed by atoms with Crippen LogP contribution in [0.2, 0.25) is 0 Å². The number of allylic oxidation sites excluding steroid dienone is 1. The summed E-state index contributed by atoms with van der Waals surface area (Å²) in [5.74, 6) is 0.121. The molecule has 8 heteroatoms. The van der Waals surface area contributed by atoms with Gasteiger partial charge in [-0.2, -0.15) is 13.2 Å². The van der Waals surface area contributed by atoms with Crippen LogP contribution in [0.4, 0.5) is 18.9 Å². The largest absolute Gasteiger partial charge is 0.417 e. The first kappa shape index (κ1) is 25.8. The van der Waals surface area contributed by atoms with Crippen LogP contribution >= 0.6 is 0 Å². The second-order valence-electron chi connectivity index (χ2n) is 11.2. The summed E-state index contributed by atoms with van der Waals surface area (Å²) in [4.78, 5) is 18.6. The number of benzene rings is 1. The van der Waals surface area contributed by atoms with E-state index in [9.17, 15) is 18.0 Å². The van der Waals surface area contributed by atoms with E-state index < -0.39 is 11.7 Å². The lowest BCUT2D eigenvalue weighted by Crippen LogP contribution is -2.59. The molecule has 0 aliphatic heterocycles. The fourth-order valence-electron chi connectivity index (χ4n) is 5.99. The topological polar surface area (TPSA) is 57.3 Å². The molecule has 0 radical (unpaired) electrons. The van der Waals surface area contributed by atoms with Crippen LogP contribution in [0.25, 0.3) is 22.4 Å². The second-order valence-corrected chi connectivity index (χ2v) is 11.2. The number of pyridine rings is 1. The molecular formula is C29H35F3N4O.